The zero-order valence-corrected chi connectivity index (χ0v) is 14.9. The van der Waals surface area contributed by atoms with Crippen LogP contribution in [0.25, 0.3) is 0 Å². The molecular formula is C18H26N2O2S. The molecule has 1 atom stereocenters. The molecule has 2 rings (SSSR count). The molecular weight excluding hydrogens is 308 g/mol. The van der Waals surface area contributed by atoms with Crippen molar-refractivity contribution in [2.75, 3.05) is 18.8 Å². The third-order valence-electron chi connectivity index (χ3n) is 3.38. The summed E-state index contributed by atoms with van der Waals surface area (Å²) >= 11 is 1.96. The van der Waals surface area contributed by atoms with E-state index < -0.39 is 5.60 Å². The Balaban J connectivity index is 1.69. The Labute approximate surface area is 143 Å². The number of rotatable bonds is 5. The number of amides is 1. The van der Waals surface area contributed by atoms with Crippen molar-refractivity contribution in [3.05, 3.63) is 47.5 Å². The van der Waals surface area contributed by atoms with Gasteiger partial charge in [-0.2, -0.15) is 11.8 Å². The van der Waals surface area contributed by atoms with Gasteiger partial charge in [0.15, 0.2) is 0 Å². The fourth-order valence-corrected chi connectivity index (χ4v) is 3.52. The van der Waals surface area contributed by atoms with Crippen molar-refractivity contribution < 1.29 is 9.53 Å². The van der Waals surface area contributed by atoms with Gasteiger partial charge in [-0.3, -0.25) is 0 Å². The van der Waals surface area contributed by atoms with Gasteiger partial charge in [0.2, 0.25) is 0 Å². The fraction of sp³-hybridized carbons (Fsp3) is 0.500. The Morgan fingerprint density at radius 1 is 1.30 bits per heavy atom. The lowest BCUT2D eigenvalue weighted by atomic mass is 10.0. The number of carbonyl (C=O) groups excluding carboxylic acids is 1. The maximum atomic E-state index is 11.5. The molecule has 1 aliphatic heterocycles. The molecule has 1 heterocycles. The molecule has 4 nitrogen and oxygen atoms in total. The van der Waals surface area contributed by atoms with E-state index in [0.717, 1.165) is 18.1 Å². The molecule has 23 heavy (non-hydrogen) atoms. The Kier molecular flexibility index (Phi) is 6.54. The van der Waals surface area contributed by atoms with Crippen molar-refractivity contribution in [1.29, 1.82) is 0 Å². The van der Waals surface area contributed by atoms with Crippen molar-refractivity contribution in [3.8, 4) is 0 Å². The van der Waals surface area contributed by atoms with E-state index >= 15 is 0 Å². The highest BCUT2D eigenvalue weighted by Gasteiger charge is 2.18. The molecule has 0 radical (unpaired) electrons. The van der Waals surface area contributed by atoms with Crippen molar-refractivity contribution in [3.63, 3.8) is 0 Å². The summed E-state index contributed by atoms with van der Waals surface area (Å²) in [5.74, 6) is 2.20. The molecule has 0 aromatic heterocycles. The van der Waals surface area contributed by atoms with Crippen LogP contribution in [0.4, 0.5) is 4.79 Å². The van der Waals surface area contributed by atoms with Gasteiger partial charge in [0.1, 0.15) is 5.60 Å². The first kappa shape index (κ1) is 17.9. The topological polar surface area (TPSA) is 50.4 Å². The molecule has 1 amide bonds. The number of thioether (sulfide) groups is 1. The molecule has 1 aliphatic rings. The van der Waals surface area contributed by atoms with Crippen molar-refractivity contribution in [1.82, 2.24) is 10.6 Å². The highest BCUT2D eigenvalue weighted by Crippen LogP contribution is 2.31. The molecule has 0 bridgehead atoms. The van der Waals surface area contributed by atoms with Crippen LogP contribution < -0.4 is 10.6 Å². The largest absolute Gasteiger partial charge is 0.444 e. The predicted octanol–water partition coefficient (Wildman–Crippen LogP) is 3.65. The standard InChI is InChI=1S/C18H26N2O2S/c1-18(2,3)22-17(21)20-11-7-6-10-19-16-13-23-12-14-8-4-5-9-15(14)16/h4-9,16,19H,10-13H2,1-3H3,(H,20,21)/b7-6+. The number of carbonyl (C=O) groups is 1. The highest BCUT2D eigenvalue weighted by atomic mass is 32.2. The average molecular weight is 334 g/mol. The maximum Gasteiger partial charge on any atom is 0.407 e. The Hall–Kier alpha value is -1.46. The molecule has 2 N–H and O–H groups in total. The minimum absolute atomic E-state index is 0.382. The second-order valence-electron chi connectivity index (χ2n) is 6.53. The van der Waals surface area contributed by atoms with E-state index in [-0.39, 0.29) is 6.09 Å². The number of hydrogen-bond acceptors (Lipinski definition) is 4. The quantitative estimate of drug-likeness (QED) is 0.807. The predicted molar refractivity (Wildman–Crippen MR) is 96.7 cm³/mol. The molecule has 1 aromatic carbocycles. The number of hydrogen-bond donors (Lipinski definition) is 2. The van der Waals surface area contributed by atoms with Gasteiger partial charge in [0.25, 0.3) is 0 Å². The number of benzene rings is 1. The minimum Gasteiger partial charge on any atom is -0.444 e. The van der Waals surface area contributed by atoms with Crippen molar-refractivity contribution in [2.45, 2.75) is 38.2 Å². The lowest BCUT2D eigenvalue weighted by Crippen LogP contribution is -2.32. The van der Waals surface area contributed by atoms with Gasteiger partial charge >= 0.3 is 6.09 Å². The summed E-state index contributed by atoms with van der Waals surface area (Å²) in [5.41, 5.74) is 2.38. The van der Waals surface area contributed by atoms with Gasteiger partial charge in [-0.15, -0.1) is 0 Å². The average Bonchev–Trinajstić information content (AvgIpc) is 2.49. The number of nitrogens with one attached hydrogen (secondary N) is 2. The van der Waals surface area contributed by atoms with Gasteiger partial charge in [-0.25, -0.2) is 4.79 Å². The van der Waals surface area contributed by atoms with E-state index in [1.807, 2.05) is 44.7 Å². The molecule has 0 saturated carbocycles. The van der Waals surface area contributed by atoms with Crippen LogP contribution in [-0.2, 0) is 10.5 Å². The van der Waals surface area contributed by atoms with Gasteiger partial charge in [-0.05, 0) is 31.9 Å². The summed E-state index contributed by atoms with van der Waals surface area (Å²) in [7, 11) is 0. The normalized spacial score (nSPS) is 17.8. The van der Waals surface area contributed by atoms with E-state index in [4.69, 9.17) is 4.74 Å². The molecule has 126 valence electrons. The first-order valence-electron chi connectivity index (χ1n) is 7.96. The van der Waals surface area contributed by atoms with E-state index in [0.29, 0.717) is 12.6 Å². The second kappa shape index (κ2) is 8.41. The lowest BCUT2D eigenvalue weighted by Gasteiger charge is -2.25. The molecule has 0 spiro atoms. The van der Waals surface area contributed by atoms with Crippen LogP contribution in [0.5, 0.6) is 0 Å². The van der Waals surface area contributed by atoms with Crippen LogP contribution in [0.2, 0.25) is 0 Å². The second-order valence-corrected chi connectivity index (χ2v) is 7.56. The van der Waals surface area contributed by atoms with Crippen LogP contribution in [-0.4, -0.2) is 30.5 Å². The van der Waals surface area contributed by atoms with Crippen LogP contribution in [0.15, 0.2) is 36.4 Å². The third kappa shape index (κ3) is 6.28. The summed E-state index contributed by atoms with van der Waals surface area (Å²) in [4.78, 5) is 11.5. The third-order valence-corrected chi connectivity index (χ3v) is 4.47. The Morgan fingerprint density at radius 2 is 2.04 bits per heavy atom. The summed E-state index contributed by atoms with van der Waals surface area (Å²) in [6.07, 6.45) is 3.60. The van der Waals surface area contributed by atoms with Gasteiger partial charge in [0.05, 0.1) is 0 Å². The van der Waals surface area contributed by atoms with E-state index in [1.54, 1.807) is 0 Å². The minimum atomic E-state index is -0.457. The Morgan fingerprint density at radius 3 is 2.83 bits per heavy atom. The zero-order chi connectivity index (χ0) is 16.7. The summed E-state index contributed by atoms with van der Waals surface area (Å²) < 4.78 is 5.18. The highest BCUT2D eigenvalue weighted by molar-refractivity contribution is 7.98. The van der Waals surface area contributed by atoms with Gasteiger partial charge in [-0.1, -0.05) is 36.4 Å². The van der Waals surface area contributed by atoms with Crippen LogP contribution >= 0.6 is 11.8 Å². The van der Waals surface area contributed by atoms with Crippen LogP contribution in [0.1, 0.15) is 37.9 Å². The van der Waals surface area contributed by atoms with Crippen molar-refractivity contribution >= 4 is 17.9 Å². The summed E-state index contributed by atoms with van der Waals surface area (Å²) in [6.45, 7) is 6.83. The summed E-state index contributed by atoms with van der Waals surface area (Å²) in [6, 6.07) is 9.01. The van der Waals surface area contributed by atoms with Crippen LogP contribution in [0, 0.1) is 0 Å². The van der Waals surface area contributed by atoms with Crippen molar-refractivity contribution in [2.24, 2.45) is 0 Å². The monoisotopic (exact) mass is 334 g/mol. The molecule has 0 saturated heterocycles. The number of ether oxygens (including phenoxy) is 1. The summed E-state index contributed by atoms with van der Waals surface area (Å²) in [5, 5.41) is 6.27. The molecule has 0 aliphatic carbocycles. The fourth-order valence-electron chi connectivity index (χ4n) is 2.38. The van der Waals surface area contributed by atoms with Gasteiger partial charge in [0, 0.05) is 30.6 Å². The maximum absolute atomic E-state index is 11.5. The first-order chi connectivity index (χ1) is 11.0. The number of alkyl carbamates (subject to hydrolysis) is 1. The van der Waals surface area contributed by atoms with E-state index in [2.05, 4.69) is 34.9 Å². The molecule has 0 fully saturated rings. The lowest BCUT2D eigenvalue weighted by molar-refractivity contribution is 0.0534. The molecule has 5 heteroatoms. The SMILES string of the molecule is CC(C)(C)OC(=O)NC/C=C/CNC1CSCc2ccccc21. The van der Waals surface area contributed by atoms with Crippen LogP contribution in [0.3, 0.4) is 0 Å². The van der Waals surface area contributed by atoms with Gasteiger partial charge < -0.3 is 15.4 Å². The van der Waals surface area contributed by atoms with E-state index in [1.165, 1.54) is 11.1 Å². The molecule has 1 unspecified atom stereocenters. The number of fused-ring (bicyclic) bond motifs is 1. The Bertz CT molecular complexity index is 552. The molecule has 1 aromatic rings. The zero-order valence-electron chi connectivity index (χ0n) is 14.1. The first-order valence-corrected chi connectivity index (χ1v) is 9.12. The smallest absolute Gasteiger partial charge is 0.407 e. The van der Waals surface area contributed by atoms with E-state index in [9.17, 15) is 4.79 Å².